The molecular formula is C20H21N3O4. The van der Waals surface area contributed by atoms with Crippen LogP contribution in [0.5, 0.6) is 0 Å². The Kier molecular flexibility index (Phi) is 5.52. The van der Waals surface area contributed by atoms with Crippen molar-refractivity contribution in [2.45, 2.75) is 19.4 Å². The second-order valence-electron chi connectivity index (χ2n) is 6.33. The number of carbonyl (C=O) groups excluding carboxylic acids is 2. The molecule has 1 unspecified atom stereocenters. The molecule has 1 heterocycles. The first-order chi connectivity index (χ1) is 13.0. The van der Waals surface area contributed by atoms with Gasteiger partial charge in [0.25, 0.3) is 5.91 Å². The van der Waals surface area contributed by atoms with E-state index in [1.54, 1.807) is 49.4 Å². The molecule has 0 spiro atoms. The van der Waals surface area contributed by atoms with Crippen molar-refractivity contribution in [1.29, 1.82) is 0 Å². The van der Waals surface area contributed by atoms with Crippen LogP contribution in [0.4, 0.5) is 0 Å². The van der Waals surface area contributed by atoms with Crippen molar-refractivity contribution in [1.82, 2.24) is 10.6 Å². The summed E-state index contributed by atoms with van der Waals surface area (Å²) in [5.41, 5.74) is 6.62. The summed E-state index contributed by atoms with van der Waals surface area (Å²) in [6.07, 6.45) is 0.574. The molecule has 7 heteroatoms. The molecule has 0 saturated carbocycles. The zero-order valence-corrected chi connectivity index (χ0v) is 15.0. The van der Waals surface area contributed by atoms with Crippen molar-refractivity contribution in [3.05, 3.63) is 58.3 Å². The standard InChI is InChI=1S/C20H21N3O4/c1-12(21)19(25)22-9-4-10-23-20(26)13-7-8-17-15(11-13)18(24)14-5-2-3-6-16(14)27-17/h2-3,5-8,11-12H,4,9-10,21H2,1H3,(H,22,25)(H,23,26). The molecule has 4 N–H and O–H groups in total. The van der Waals surface area contributed by atoms with E-state index >= 15 is 0 Å². The van der Waals surface area contributed by atoms with Crippen LogP contribution in [0.15, 0.2) is 51.7 Å². The maximum absolute atomic E-state index is 12.6. The second kappa shape index (κ2) is 8.01. The number of fused-ring (bicyclic) bond motifs is 2. The molecule has 27 heavy (non-hydrogen) atoms. The molecule has 2 aromatic carbocycles. The van der Waals surface area contributed by atoms with Gasteiger partial charge in [0.1, 0.15) is 11.2 Å². The number of benzene rings is 2. The molecule has 3 rings (SSSR count). The molecule has 0 aliphatic carbocycles. The highest BCUT2D eigenvalue weighted by Crippen LogP contribution is 2.19. The van der Waals surface area contributed by atoms with Crippen molar-refractivity contribution in [3.8, 4) is 0 Å². The van der Waals surface area contributed by atoms with Gasteiger partial charge in [-0.05, 0) is 43.7 Å². The number of nitrogens with two attached hydrogens (primary N) is 1. The molecule has 1 atom stereocenters. The number of amides is 2. The molecule has 140 valence electrons. The summed E-state index contributed by atoms with van der Waals surface area (Å²) in [4.78, 5) is 36.3. The van der Waals surface area contributed by atoms with Crippen LogP contribution in [0.3, 0.4) is 0 Å². The predicted octanol–water partition coefficient (Wildman–Crippen LogP) is 1.53. The molecule has 1 aromatic heterocycles. The molecule has 7 nitrogen and oxygen atoms in total. The van der Waals surface area contributed by atoms with E-state index in [0.717, 1.165) is 0 Å². The zero-order chi connectivity index (χ0) is 19.4. The van der Waals surface area contributed by atoms with Gasteiger partial charge in [0.2, 0.25) is 11.3 Å². The van der Waals surface area contributed by atoms with Crippen molar-refractivity contribution in [2.24, 2.45) is 5.73 Å². The third-order valence-electron chi connectivity index (χ3n) is 4.19. The Morgan fingerprint density at radius 2 is 1.74 bits per heavy atom. The summed E-state index contributed by atoms with van der Waals surface area (Å²) in [6, 6.07) is 11.2. The minimum absolute atomic E-state index is 0.167. The molecule has 0 aliphatic rings. The first kappa shape index (κ1) is 18.6. The van der Waals surface area contributed by atoms with Gasteiger partial charge in [0, 0.05) is 18.7 Å². The Morgan fingerprint density at radius 3 is 2.52 bits per heavy atom. The lowest BCUT2D eigenvalue weighted by atomic mass is 10.1. The van der Waals surface area contributed by atoms with Gasteiger partial charge >= 0.3 is 0 Å². The maximum atomic E-state index is 12.6. The molecule has 3 aromatic rings. The molecule has 0 radical (unpaired) electrons. The highest BCUT2D eigenvalue weighted by atomic mass is 16.3. The van der Waals surface area contributed by atoms with E-state index < -0.39 is 6.04 Å². The van der Waals surface area contributed by atoms with Gasteiger partial charge in [-0.3, -0.25) is 14.4 Å². The number of hydrogen-bond acceptors (Lipinski definition) is 5. The molecule has 0 saturated heterocycles. The van der Waals surface area contributed by atoms with Gasteiger partial charge in [-0.1, -0.05) is 12.1 Å². The number of para-hydroxylation sites is 1. The fraction of sp³-hybridized carbons (Fsp3) is 0.250. The van der Waals surface area contributed by atoms with E-state index in [2.05, 4.69) is 10.6 Å². The fourth-order valence-corrected chi connectivity index (χ4v) is 2.71. The zero-order valence-electron chi connectivity index (χ0n) is 15.0. The van der Waals surface area contributed by atoms with Gasteiger partial charge < -0.3 is 20.8 Å². The SMILES string of the molecule is CC(N)C(=O)NCCCNC(=O)c1ccc2oc3ccccc3c(=O)c2c1. The maximum Gasteiger partial charge on any atom is 0.251 e. The van der Waals surface area contributed by atoms with E-state index in [9.17, 15) is 14.4 Å². The summed E-state index contributed by atoms with van der Waals surface area (Å²) in [7, 11) is 0. The Balaban J connectivity index is 1.69. The lowest BCUT2D eigenvalue weighted by Crippen LogP contribution is -2.39. The van der Waals surface area contributed by atoms with E-state index in [1.807, 2.05) is 0 Å². The van der Waals surface area contributed by atoms with Crippen molar-refractivity contribution >= 4 is 33.8 Å². The molecule has 2 amide bonds. The monoisotopic (exact) mass is 367 g/mol. The van der Waals surface area contributed by atoms with Crippen molar-refractivity contribution in [3.63, 3.8) is 0 Å². The van der Waals surface area contributed by atoms with Crippen LogP contribution in [0, 0.1) is 0 Å². The van der Waals surface area contributed by atoms with Crippen molar-refractivity contribution in [2.75, 3.05) is 13.1 Å². The molecule has 0 fully saturated rings. The van der Waals surface area contributed by atoms with Gasteiger partial charge in [-0.15, -0.1) is 0 Å². The number of hydrogen-bond donors (Lipinski definition) is 3. The van der Waals surface area contributed by atoms with E-state index in [-0.39, 0.29) is 17.2 Å². The number of nitrogens with one attached hydrogen (secondary N) is 2. The lowest BCUT2D eigenvalue weighted by molar-refractivity contribution is -0.121. The third kappa shape index (κ3) is 4.15. The number of carbonyl (C=O) groups is 2. The minimum Gasteiger partial charge on any atom is -0.456 e. The first-order valence-corrected chi connectivity index (χ1v) is 8.74. The first-order valence-electron chi connectivity index (χ1n) is 8.74. The topological polar surface area (TPSA) is 114 Å². The third-order valence-corrected chi connectivity index (χ3v) is 4.19. The largest absolute Gasteiger partial charge is 0.456 e. The summed E-state index contributed by atoms with van der Waals surface area (Å²) < 4.78 is 5.73. The Morgan fingerprint density at radius 1 is 1.04 bits per heavy atom. The van der Waals surface area contributed by atoms with E-state index in [1.165, 1.54) is 0 Å². The smallest absolute Gasteiger partial charge is 0.251 e. The Hall–Kier alpha value is -3.19. The Labute approximate surface area is 155 Å². The summed E-state index contributed by atoms with van der Waals surface area (Å²) in [5, 5.41) is 6.29. The average molecular weight is 367 g/mol. The highest BCUT2D eigenvalue weighted by molar-refractivity contribution is 5.99. The lowest BCUT2D eigenvalue weighted by Gasteiger charge is -2.09. The van der Waals surface area contributed by atoms with Crippen LogP contribution in [-0.4, -0.2) is 30.9 Å². The van der Waals surface area contributed by atoms with E-state index in [0.29, 0.717) is 47.0 Å². The number of rotatable bonds is 6. The highest BCUT2D eigenvalue weighted by Gasteiger charge is 2.11. The van der Waals surface area contributed by atoms with Crippen LogP contribution >= 0.6 is 0 Å². The predicted molar refractivity (Wildman–Crippen MR) is 104 cm³/mol. The summed E-state index contributed by atoms with van der Waals surface area (Å²) >= 11 is 0. The van der Waals surface area contributed by atoms with Gasteiger partial charge in [-0.2, -0.15) is 0 Å². The Bertz CT molecular complexity index is 1060. The van der Waals surface area contributed by atoms with Crippen LogP contribution < -0.4 is 21.8 Å². The summed E-state index contributed by atoms with van der Waals surface area (Å²) in [6.45, 7) is 2.42. The van der Waals surface area contributed by atoms with E-state index in [4.69, 9.17) is 10.2 Å². The average Bonchev–Trinajstić information content (AvgIpc) is 2.67. The van der Waals surface area contributed by atoms with Gasteiger partial charge in [-0.25, -0.2) is 0 Å². The van der Waals surface area contributed by atoms with Crippen LogP contribution in [0.25, 0.3) is 21.9 Å². The molecule has 0 bridgehead atoms. The fourth-order valence-electron chi connectivity index (χ4n) is 2.71. The van der Waals surface area contributed by atoms with Crippen LogP contribution in [-0.2, 0) is 4.79 Å². The minimum atomic E-state index is -0.556. The quantitative estimate of drug-likeness (QED) is 0.451. The normalized spacial score (nSPS) is 12.1. The van der Waals surface area contributed by atoms with Crippen molar-refractivity contribution < 1.29 is 14.0 Å². The second-order valence-corrected chi connectivity index (χ2v) is 6.33. The molecule has 0 aliphatic heterocycles. The van der Waals surface area contributed by atoms with Gasteiger partial charge in [0.15, 0.2) is 0 Å². The van der Waals surface area contributed by atoms with Crippen LogP contribution in [0.1, 0.15) is 23.7 Å². The van der Waals surface area contributed by atoms with Crippen LogP contribution in [0.2, 0.25) is 0 Å². The van der Waals surface area contributed by atoms with Gasteiger partial charge in [0.05, 0.1) is 16.8 Å². The molecular weight excluding hydrogens is 346 g/mol. The summed E-state index contributed by atoms with van der Waals surface area (Å²) in [5.74, 6) is -0.516.